The van der Waals surface area contributed by atoms with Crippen LogP contribution < -0.4 is 5.56 Å². The van der Waals surface area contributed by atoms with E-state index in [1.54, 1.807) is 0 Å². The Labute approximate surface area is 121 Å². The van der Waals surface area contributed by atoms with Crippen LogP contribution in [0.2, 0.25) is 5.02 Å². The molecule has 0 saturated heterocycles. The highest BCUT2D eigenvalue weighted by molar-refractivity contribution is 9.10. The standard InChI is InChI=1S/C12H9BrClFN2O2/c1-19-5-9-10(13)12(18)17-11(16-9)6-2-7(14)4-8(15)3-6/h2-4H,5H2,1H3,(H,16,17,18). The Kier molecular flexibility index (Phi) is 4.34. The van der Waals surface area contributed by atoms with Crippen molar-refractivity contribution in [1.29, 1.82) is 0 Å². The zero-order valence-electron chi connectivity index (χ0n) is 9.84. The number of methoxy groups -OCH3 is 1. The van der Waals surface area contributed by atoms with Gasteiger partial charge in [-0.15, -0.1) is 0 Å². The number of nitrogens with zero attached hydrogens (tertiary/aromatic N) is 1. The van der Waals surface area contributed by atoms with Gasteiger partial charge in [-0.25, -0.2) is 9.37 Å². The molecule has 0 unspecified atom stereocenters. The molecule has 100 valence electrons. The molecular formula is C12H9BrClFN2O2. The zero-order valence-corrected chi connectivity index (χ0v) is 12.2. The molecule has 4 nitrogen and oxygen atoms in total. The fourth-order valence-corrected chi connectivity index (χ4v) is 2.09. The van der Waals surface area contributed by atoms with E-state index in [0.29, 0.717) is 15.7 Å². The molecule has 0 aliphatic heterocycles. The second-order valence-electron chi connectivity index (χ2n) is 3.77. The molecule has 0 radical (unpaired) electrons. The average molecular weight is 348 g/mol. The van der Waals surface area contributed by atoms with Crippen LogP contribution in [0, 0.1) is 5.82 Å². The van der Waals surface area contributed by atoms with E-state index in [2.05, 4.69) is 25.9 Å². The second kappa shape index (κ2) is 5.81. The number of H-pyrrole nitrogens is 1. The van der Waals surface area contributed by atoms with E-state index in [-0.39, 0.29) is 23.0 Å². The van der Waals surface area contributed by atoms with Crippen LogP contribution in [0.4, 0.5) is 4.39 Å². The first-order chi connectivity index (χ1) is 9.01. The molecule has 0 bridgehead atoms. The van der Waals surface area contributed by atoms with E-state index in [9.17, 15) is 9.18 Å². The van der Waals surface area contributed by atoms with E-state index < -0.39 is 5.82 Å². The predicted octanol–water partition coefficient (Wildman–Crippen LogP) is 3.14. The van der Waals surface area contributed by atoms with Gasteiger partial charge >= 0.3 is 0 Å². The molecule has 1 aromatic carbocycles. The molecule has 1 heterocycles. The van der Waals surface area contributed by atoms with Crippen molar-refractivity contribution in [1.82, 2.24) is 9.97 Å². The first-order valence-corrected chi connectivity index (χ1v) is 6.42. The molecule has 0 atom stereocenters. The molecular weight excluding hydrogens is 338 g/mol. The highest BCUT2D eigenvalue weighted by Gasteiger charge is 2.11. The maximum atomic E-state index is 13.3. The highest BCUT2D eigenvalue weighted by atomic mass is 79.9. The predicted molar refractivity (Wildman–Crippen MR) is 73.7 cm³/mol. The number of benzene rings is 1. The molecule has 0 aliphatic rings. The van der Waals surface area contributed by atoms with Gasteiger partial charge in [0.2, 0.25) is 0 Å². The Hall–Kier alpha value is -1.24. The van der Waals surface area contributed by atoms with Crippen molar-refractivity contribution in [3.05, 3.63) is 49.6 Å². The summed E-state index contributed by atoms with van der Waals surface area (Å²) in [6.07, 6.45) is 0. The maximum Gasteiger partial charge on any atom is 0.265 e. The number of rotatable bonds is 3. The average Bonchev–Trinajstić information content (AvgIpc) is 2.33. The van der Waals surface area contributed by atoms with Gasteiger partial charge in [0.15, 0.2) is 0 Å². The van der Waals surface area contributed by atoms with Crippen molar-refractivity contribution in [3.8, 4) is 11.4 Å². The van der Waals surface area contributed by atoms with Gasteiger partial charge in [0.1, 0.15) is 16.1 Å². The van der Waals surface area contributed by atoms with Crippen molar-refractivity contribution in [2.75, 3.05) is 7.11 Å². The molecule has 0 fully saturated rings. The van der Waals surface area contributed by atoms with Gasteiger partial charge in [0.25, 0.3) is 5.56 Å². The van der Waals surface area contributed by atoms with Gasteiger partial charge in [-0.05, 0) is 34.1 Å². The number of nitrogens with one attached hydrogen (secondary N) is 1. The number of hydrogen-bond donors (Lipinski definition) is 1. The Balaban J connectivity index is 2.59. The van der Waals surface area contributed by atoms with E-state index in [1.807, 2.05) is 0 Å². The summed E-state index contributed by atoms with van der Waals surface area (Å²) in [5.74, 6) is -0.261. The lowest BCUT2D eigenvalue weighted by molar-refractivity contribution is 0.180. The van der Waals surface area contributed by atoms with Crippen molar-refractivity contribution in [3.63, 3.8) is 0 Å². The number of hydrogen-bond acceptors (Lipinski definition) is 3. The molecule has 0 spiro atoms. The van der Waals surface area contributed by atoms with Crippen LogP contribution in [-0.2, 0) is 11.3 Å². The lowest BCUT2D eigenvalue weighted by Gasteiger charge is -2.06. The van der Waals surface area contributed by atoms with Gasteiger partial charge in [0.05, 0.1) is 12.3 Å². The topological polar surface area (TPSA) is 55.0 Å². The van der Waals surface area contributed by atoms with Crippen LogP contribution >= 0.6 is 27.5 Å². The minimum atomic E-state index is -0.499. The molecule has 7 heteroatoms. The van der Waals surface area contributed by atoms with Crippen LogP contribution in [0.5, 0.6) is 0 Å². The smallest absolute Gasteiger partial charge is 0.265 e. The molecule has 0 amide bonds. The minimum Gasteiger partial charge on any atom is -0.378 e. The third-order valence-corrected chi connectivity index (χ3v) is 3.38. The lowest BCUT2D eigenvalue weighted by atomic mass is 10.2. The van der Waals surface area contributed by atoms with Gasteiger partial charge in [-0.3, -0.25) is 4.79 Å². The van der Waals surface area contributed by atoms with E-state index >= 15 is 0 Å². The quantitative estimate of drug-likeness (QED) is 0.928. The largest absolute Gasteiger partial charge is 0.378 e. The summed E-state index contributed by atoms with van der Waals surface area (Å²) in [7, 11) is 1.49. The Morgan fingerprint density at radius 2 is 2.21 bits per heavy atom. The summed E-state index contributed by atoms with van der Waals surface area (Å²) in [6, 6.07) is 3.94. The van der Waals surface area contributed by atoms with E-state index in [4.69, 9.17) is 16.3 Å². The zero-order chi connectivity index (χ0) is 14.0. The van der Waals surface area contributed by atoms with Crippen LogP contribution in [0.25, 0.3) is 11.4 Å². The summed E-state index contributed by atoms with van der Waals surface area (Å²) >= 11 is 8.91. The summed E-state index contributed by atoms with van der Waals surface area (Å²) in [5, 5.41) is 0.230. The first kappa shape index (κ1) is 14.2. The number of ether oxygens (including phenoxy) is 1. The van der Waals surface area contributed by atoms with Crippen LogP contribution in [-0.4, -0.2) is 17.1 Å². The van der Waals surface area contributed by atoms with Gasteiger partial charge in [0, 0.05) is 17.7 Å². The maximum absolute atomic E-state index is 13.3. The Morgan fingerprint density at radius 1 is 1.47 bits per heavy atom. The number of aromatic nitrogens is 2. The Bertz CT molecular complexity index is 655. The molecule has 0 aliphatic carbocycles. The molecule has 2 aromatic rings. The van der Waals surface area contributed by atoms with Gasteiger partial charge in [-0.2, -0.15) is 0 Å². The molecule has 2 rings (SSSR count). The van der Waals surface area contributed by atoms with Crippen molar-refractivity contribution < 1.29 is 9.13 Å². The van der Waals surface area contributed by atoms with Crippen molar-refractivity contribution in [2.45, 2.75) is 6.61 Å². The van der Waals surface area contributed by atoms with E-state index in [1.165, 1.54) is 25.3 Å². The van der Waals surface area contributed by atoms with Crippen LogP contribution in [0.1, 0.15) is 5.69 Å². The van der Waals surface area contributed by atoms with Crippen molar-refractivity contribution >= 4 is 27.5 Å². The van der Waals surface area contributed by atoms with Gasteiger partial charge < -0.3 is 9.72 Å². The number of halogens is 3. The summed E-state index contributed by atoms with van der Waals surface area (Å²) in [5.41, 5.74) is 0.464. The third-order valence-electron chi connectivity index (χ3n) is 2.35. The normalized spacial score (nSPS) is 10.7. The van der Waals surface area contributed by atoms with E-state index in [0.717, 1.165) is 0 Å². The summed E-state index contributed by atoms with van der Waals surface area (Å²) in [4.78, 5) is 18.5. The van der Waals surface area contributed by atoms with Crippen molar-refractivity contribution in [2.24, 2.45) is 0 Å². The summed E-state index contributed by atoms with van der Waals surface area (Å²) in [6.45, 7) is 0.167. The first-order valence-electron chi connectivity index (χ1n) is 5.25. The minimum absolute atomic E-state index is 0.167. The SMILES string of the molecule is COCc1nc(-c2cc(F)cc(Cl)c2)[nH]c(=O)c1Br. The Morgan fingerprint density at radius 3 is 2.84 bits per heavy atom. The summed E-state index contributed by atoms with van der Waals surface area (Å²) < 4.78 is 18.6. The highest BCUT2D eigenvalue weighted by Crippen LogP contribution is 2.22. The van der Waals surface area contributed by atoms with Crippen LogP contribution in [0.15, 0.2) is 27.5 Å². The molecule has 1 N–H and O–H groups in total. The number of aromatic amines is 1. The third kappa shape index (κ3) is 3.20. The monoisotopic (exact) mass is 346 g/mol. The fraction of sp³-hybridized carbons (Fsp3) is 0.167. The van der Waals surface area contributed by atoms with Crippen LogP contribution in [0.3, 0.4) is 0 Å². The molecule has 19 heavy (non-hydrogen) atoms. The fourth-order valence-electron chi connectivity index (χ4n) is 1.57. The lowest BCUT2D eigenvalue weighted by Crippen LogP contribution is -2.14. The molecule has 1 aromatic heterocycles. The second-order valence-corrected chi connectivity index (χ2v) is 5.00. The van der Waals surface area contributed by atoms with Gasteiger partial charge in [-0.1, -0.05) is 11.6 Å². The molecule has 0 saturated carbocycles.